The minimum Gasteiger partial charge on any atom is -0.427 e. The van der Waals surface area contributed by atoms with Crippen molar-refractivity contribution in [1.82, 2.24) is 9.80 Å². The van der Waals surface area contributed by atoms with Gasteiger partial charge in [0.15, 0.2) is 0 Å². The van der Waals surface area contributed by atoms with Crippen molar-refractivity contribution in [2.75, 3.05) is 13.1 Å². The maximum Gasteiger partial charge on any atom is 0.475 e. The van der Waals surface area contributed by atoms with Crippen LogP contribution in [0.3, 0.4) is 0 Å². The van der Waals surface area contributed by atoms with E-state index in [-0.39, 0.29) is 0 Å². The van der Waals surface area contributed by atoms with E-state index in [4.69, 9.17) is 0 Å². The molecule has 0 saturated carbocycles. The lowest BCUT2D eigenvalue weighted by molar-refractivity contribution is -0.554. The van der Waals surface area contributed by atoms with Gasteiger partial charge in [-0.2, -0.15) is 263 Å². The Balaban J connectivity index is 9.93. The molecule has 66 heteroatoms. The van der Waals surface area contributed by atoms with Crippen molar-refractivity contribution in [2.24, 2.45) is 10.8 Å². The van der Waals surface area contributed by atoms with E-state index in [9.17, 15) is 185 Å². The minimum atomic E-state index is -12.2. The van der Waals surface area contributed by atoms with Gasteiger partial charge in [0.05, 0.1) is 0 Å². The highest BCUT2D eigenvalue weighted by molar-refractivity contribution is 5.71. The first-order chi connectivity index (χ1) is 43.2. The zero-order valence-electron chi connectivity index (χ0n) is 44.4. The van der Waals surface area contributed by atoms with E-state index in [1.807, 2.05) is 0 Å². The molecule has 2 amide bonds. The molecular formula is C36H12F60N2O4. The second-order valence-corrected chi connectivity index (χ2v) is 19.1. The summed E-state index contributed by atoms with van der Waals surface area (Å²) < 4.78 is 869. The summed E-state index contributed by atoms with van der Waals surface area (Å²) in [6.45, 7) is -8.88. The molecule has 0 aliphatic rings. The van der Waals surface area contributed by atoms with E-state index in [1.165, 1.54) is 0 Å². The van der Waals surface area contributed by atoms with Gasteiger partial charge in [0.1, 0.15) is 0 Å². The zero-order chi connectivity index (χ0) is 84.0. The van der Waals surface area contributed by atoms with Crippen LogP contribution in [0.15, 0.2) is 0 Å². The van der Waals surface area contributed by atoms with Gasteiger partial charge in [-0.3, -0.25) is 0 Å². The van der Waals surface area contributed by atoms with Gasteiger partial charge < -0.3 is 9.47 Å². The van der Waals surface area contributed by atoms with Crippen molar-refractivity contribution in [3.63, 3.8) is 0 Å². The van der Waals surface area contributed by atoms with Gasteiger partial charge in [-0.15, -0.1) is 0 Å². The lowest BCUT2D eigenvalue weighted by Gasteiger charge is -2.60. The number of hydrogen-bond donors (Lipinski definition) is 0. The number of nitrogens with zero attached hydrogens (tertiary/aromatic N) is 2. The Hall–Kier alpha value is -5.66. The lowest BCUT2D eigenvalue weighted by Crippen LogP contribution is -2.92. The maximum absolute atomic E-state index is 15.5. The molecule has 0 aromatic rings. The Morgan fingerprint density at radius 2 is 0.314 bits per heavy atom. The number of carbonyl (C=O) groups excluding carboxylic acids is 2. The number of halogens is 60. The molecule has 0 aliphatic heterocycles. The van der Waals surface area contributed by atoms with Crippen LogP contribution in [-0.2, 0) is 9.47 Å². The quantitative estimate of drug-likeness (QED) is 0.0581. The largest absolute Gasteiger partial charge is 0.475 e. The van der Waals surface area contributed by atoms with Crippen LogP contribution < -0.4 is 0 Å². The number of hydrogen-bond acceptors (Lipinski definition) is 4. The van der Waals surface area contributed by atoms with Gasteiger partial charge >= 0.3 is 158 Å². The van der Waals surface area contributed by atoms with Crippen molar-refractivity contribution in [3.8, 4) is 0 Å². The Kier molecular flexibility index (Phi) is 24.1. The number of amides is 2. The molecule has 0 bridgehead atoms. The summed E-state index contributed by atoms with van der Waals surface area (Å²) in [5, 5.41) is 0. The average Bonchev–Trinajstić information content (AvgIpc) is 0.640. The van der Waals surface area contributed by atoms with Gasteiger partial charge in [0, 0.05) is 13.1 Å². The molecule has 0 unspecified atom stereocenters. The molecule has 0 spiro atoms. The number of rotatable bonds is 23. The predicted octanol–water partition coefficient (Wildman–Crippen LogP) is 21.2. The van der Waals surface area contributed by atoms with Crippen LogP contribution in [-0.4, -0.2) is 192 Å². The minimum absolute atomic E-state index is 1.06. The first-order valence-corrected chi connectivity index (χ1v) is 22.6. The fraction of sp³-hybridized carbons (Fsp3) is 0.944. The molecule has 0 aromatic carbocycles. The summed E-state index contributed by atoms with van der Waals surface area (Å²) in [5.41, 5.74) is -48.2. The fourth-order valence-corrected chi connectivity index (χ4v) is 8.59. The third kappa shape index (κ3) is 13.2. The number of alkyl halides is 60. The lowest BCUT2D eigenvalue weighted by atomic mass is 9.53. The molecule has 610 valence electrons. The third-order valence-corrected chi connectivity index (χ3v) is 13.0. The van der Waals surface area contributed by atoms with Gasteiger partial charge in [-0.05, 0) is 12.8 Å². The second kappa shape index (κ2) is 25.5. The van der Waals surface area contributed by atoms with Crippen LogP contribution in [0, 0.1) is 10.8 Å². The Morgan fingerprint density at radius 1 is 0.186 bits per heavy atom. The smallest absolute Gasteiger partial charge is 0.427 e. The number of unbranched alkanes of at least 4 members (excludes halogenated alkanes) is 3. The standard InChI is InChI=1S/C36H12F60N2O4/c37-13(38,23(57,58)59)9(14(39,40)24(60,61)62,15(41,42)25(63,64)65)11(19(49,50)29(75,76)77,20(51,52)30(78,79)80)101-7(99)97(35(93,94)33(87,88)89)5-3-1-2-4-6-98(36(95,96)34(90,91)92)8(100)102-12(21(53,54)31(81,82)83,22(55,56)32(84,85)86)10(16(43,44)26(66,67)68,17(45,46)27(69,70)71)18(47,48)28(72,73)74/h1-6H2. The summed E-state index contributed by atoms with van der Waals surface area (Å²) in [4.78, 5) is 17.0. The molecule has 0 atom stereocenters. The van der Waals surface area contributed by atoms with Gasteiger partial charge in [0.25, 0.3) is 11.2 Å². The topological polar surface area (TPSA) is 59.1 Å². The molecule has 6 nitrogen and oxygen atoms in total. The zero-order valence-corrected chi connectivity index (χ0v) is 44.4. The molecule has 0 saturated heterocycles. The van der Waals surface area contributed by atoms with E-state index in [0.717, 1.165) is 9.47 Å². The molecule has 0 radical (unpaired) electrons. The van der Waals surface area contributed by atoms with E-state index in [2.05, 4.69) is 0 Å². The first-order valence-electron chi connectivity index (χ1n) is 22.6. The van der Waals surface area contributed by atoms with Crippen LogP contribution in [0.5, 0.6) is 0 Å². The Morgan fingerprint density at radius 3 is 0.422 bits per heavy atom. The summed E-state index contributed by atoms with van der Waals surface area (Å²) in [5.74, 6) is -113. The van der Waals surface area contributed by atoms with Crippen LogP contribution in [0.25, 0.3) is 0 Å². The second-order valence-electron chi connectivity index (χ2n) is 19.1. The van der Waals surface area contributed by atoms with Crippen LogP contribution >= 0.6 is 0 Å². The highest BCUT2D eigenvalue weighted by atomic mass is 19.5. The van der Waals surface area contributed by atoms with Crippen LogP contribution in [0.4, 0.5) is 273 Å². The van der Waals surface area contributed by atoms with Crippen LogP contribution in [0.1, 0.15) is 25.7 Å². The number of carbonyl (C=O) groups is 2. The van der Waals surface area contributed by atoms with Crippen molar-refractivity contribution < 1.29 is 282 Å². The van der Waals surface area contributed by atoms with Crippen molar-refractivity contribution in [2.45, 2.75) is 182 Å². The Bertz CT molecular complexity index is 2530. The van der Waals surface area contributed by atoms with Crippen LogP contribution in [0.2, 0.25) is 0 Å². The van der Waals surface area contributed by atoms with Gasteiger partial charge in [-0.25, -0.2) is 19.4 Å². The normalized spacial score (nSPS) is 16.5. The van der Waals surface area contributed by atoms with Crippen molar-refractivity contribution >= 4 is 12.2 Å². The fourth-order valence-electron chi connectivity index (χ4n) is 8.59. The molecular weight excluding hydrogens is 1660 g/mol. The van der Waals surface area contributed by atoms with E-state index in [0.29, 0.717) is 0 Å². The molecule has 0 aliphatic carbocycles. The summed E-state index contributed by atoms with van der Waals surface area (Å²) in [7, 11) is 0. The molecule has 0 rings (SSSR count). The average molecular weight is 1680 g/mol. The van der Waals surface area contributed by atoms with Crippen molar-refractivity contribution in [1.29, 1.82) is 0 Å². The third-order valence-electron chi connectivity index (χ3n) is 13.0. The van der Waals surface area contributed by atoms with Gasteiger partial charge in [0.2, 0.25) is 10.8 Å². The Labute approximate surface area is 512 Å². The van der Waals surface area contributed by atoms with E-state index >= 15 is 87.8 Å². The molecule has 0 N–H and O–H groups in total. The monoisotopic (exact) mass is 1680 g/mol. The highest BCUT2D eigenvalue weighted by Crippen LogP contribution is 2.82. The summed E-state index contributed by atoms with van der Waals surface area (Å²) in [6.07, 6.45) is -146. The van der Waals surface area contributed by atoms with E-state index in [1.54, 1.807) is 0 Å². The molecule has 0 heterocycles. The van der Waals surface area contributed by atoms with Crippen molar-refractivity contribution in [3.05, 3.63) is 0 Å². The predicted molar refractivity (Wildman–Crippen MR) is 187 cm³/mol. The molecule has 102 heavy (non-hydrogen) atoms. The first kappa shape index (κ1) is 96.3. The molecule has 0 aromatic heterocycles. The maximum atomic E-state index is 15.5. The summed E-state index contributed by atoms with van der Waals surface area (Å²) >= 11 is 0. The highest BCUT2D eigenvalue weighted by Gasteiger charge is 3.13. The molecule has 0 fully saturated rings. The summed E-state index contributed by atoms with van der Waals surface area (Å²) in [6, 6.07) is -17.6. The number of ether oxygens (including phenoxy) is 2. The van der Waals surface area contributed by atoms with E-state index < -0.39 is 228 Å². The SMILES string of the molecule is O=C(OC(C(F)(F)C(F)(F)F)(C(F)(F)C(F)(F)F)C(C(F)(F)C(F)(F)F)(C(F)(F)C(F)(F)F)C(F)(F)C(F)(F)F)N(CCCCCCN(C(=O)OC(C(F)(F)C(F)(F)F)(C(F)(F)C(F)(F)F)C(C(F)(F)C(F)(F)F)(C(F)(F)C(F)(F)F)C(F)(F)C(F)(F)F)C(F)(F)C(F)(F)F)C(F)(F)C(F)(F)F. The van der Waals surface area contributed by atoms with Gasteiger partial charge in [-0.1, -0.05) is 12.8 Å².